The number of ether oxygens (including phenoxy) is 3. The molecule has 0 spiro atoms. The Bertz CT molecular complexity index is 1470. The molecule has 0 aromatic heterocycles. The standard InChI is InChI=1S/C71H124O6/c1-4-7-10-13-16-19-22-24-26-28-30-32-34-35-37-38-40-42-44-46-49-52-55-58-61-64-70(73)76-67-68(66-75-69(72)63-60-57-54-51-48-21-18-15-12-9-6-3)77-71(74)65-62-59-56-53-50-47-45-43-41-39-36-33-31-29-27-25-23-20-17-14-11-8-5-2/h8,11,15,17-18,20,25,27-28,30-31,33,39,41,68H,4-7,9-10,12-14,16,19,21-24,26,29,32,34-38,40,42-67H2,1-3H3/b11-8-,18-15-,20-17-,27-25-,30-28-,33-31-,41-39-. The lowest BCUT2D eigenvalue weighted by molar-refractivity contribution is -0.167. The molecule has 6 nitrogen and oxygen atoms in total. The van der Waals surface area contributed by atoms with E-state index in [4.69, 9.17) is 14.2 Å². The van der Waals surface area contributed by atoms with Crippen LogP contribution in [-0.2, 0) is 28.6 Å². The summed E-state index contributed by atoms with van der Waals surface area (Å²) < 4.78 is 16.9. The van der Waals surface area contributed by atoms with Crippen LogP contribution in [0.25, 0.3) is 0 Å². The molecule has 77 heavy (non-hydrogen) atoms. The van der Waals surface area contributed by atoms with Crippen LogP contribution in [0.4, 0.5) is 0 Å². The normalized spacial score (nSPS) is 12.6. The maximum Gasteiger partial charge on any atom is 0.306 e. The summed E-state index contributed by atoms with van der Waals surface area (Å²) in [4.78, 5) is 38.3. The Morgan fingerprint density at radius 1 is 0.273 bits per heavy atom. The van der Waals surface area contributed by atoms with Crippen molar-refractivity contribution < 1.29 is 28.6 Å². The van der Waals surface area contributed by atoms with Crippen molar-refractivity contribution in [2.45, 2.75) is 335 Å². The lowest BCUT2D eigenvalue weighted by Crippen LogP contribution is -2.30. The summed E-state index contributed by atoms with van der Waals surface area (Å²) in [6, 6.07) is 0. The Balaban J connectivity index is 4.27. The molecular formula is C71H124O6. The van der Waals surface area contributed by atoms with E-state index in [1.165, 1.54) is 186 Å². The molecule has 0 aliphatic carbocycles. The van der Waals surface area contributed by atoms with Crippen molar-refractivity contribution in [3.05, 3.63) is 85.1 Å². The first-order valence-corrected chi connectivity index (χ1v) is 33.1. The minimum Gasteiger partial charge on any atom is -0.462 e. The largest absolute Gasteiger partial charge is 0.462 e. The molecular weight excluding hydrogens is 949 g/mol. The van der Waals surface area contributed by atoms with Crippen LogP contribution in [0.3, 0.4) is 0 Å². The Labute approximate surface area is 477 Å². The molecule has 0 saturated heterocycles. The predicted octanol–water partition coefficient (Wildman–Crippen LogP) is 22.7. The zero-order valence-electron chi connectivity index (χ0n) is 51.0. The molecule has 0 amide bonds. The van der Waals surface area contributed by atoms with E-state index < -0.39 is 6.10 Å². The fourth-order valence-electron chi connectivity index (χ4n) is 9.39. The second kappa shape index (κ2) is 65.1. The van der Waals surface area contributed by atoms with E-state index in [0.717, 1.165) is 103 Å². The summed E-state index contributed by atoms with van der Waals surface area (Å²) in [6.07, 6.45) is 86.0. The van der Waals surface area contributed by atoms with Crippen LogP contribution in [-0.4, -0.2) is 37.2 Å². The fraction of sp³-hybridized carbons (Fsp3) is 0.761. The van der Waals surface area contributed by atoms with Gasteiger partial charge in [0.15, 0.2) is 6.10 Å². The SMILES string of the molecule is CC/C=C\C/C=C\C/C=C\C/C=C\C/C=C\CCCCCCCCCC(=O)OC(COC(=O)CCCCCCC/C=C\CCCC)COC(=O)CCCCCCCCCCCCCCC/C=C\CCCCCCCCCC. The first kappa shape index (κ1) is 73.6. The Morgan fingerprint density at radius 2 is 0.519 bits per heavy atom. The second-order valence-corrected chi connectivity index (χ2v) is 22.0. The van der Waals surface area contributed by atoms with E-state index >= 15 is 0 Å². The maximum absolute atomic E-state index is 12.9. The van der Waals surface area contributed by atoms with Gasteiger partial charge in [-0.1, -0.05) is 286 Å². The molecule has 444 valence electrons. The Hall–Kier alpha value is -3.41. The Morgan fingerprint density at radius 3 is 0.844 bits per heavy atom. The highest BCUT2D eigenvalue weighted by molar-refractivity contribution is 5.71. The highest BCUT2D eigenvalue weighted by atomic mass is 16.6. The van der Waals surface area contributed by atoms with Gasteiger partial charge in [0.05, 0.1) is 0 Å². The molecule has 6 heteroatoms. The minimum atomic E-state index is -0.787. The molecule has 0 N–H and O–H groups in total. The molecule has 0 aliphatic rings. The van der Waals surface area contributed by atoms with Gasteiger partial charge in [0, 0.05) is 19.3 Å². The molecule has 0 rings (SSSR count). The van der Waals surface area contributed by atoms with Crippen molar-refractivity contribution in [3.8, 4) is 0 Å². The number of esters is 3. The summed E-state index contributed by atoms with van der Waals surface area (Å²) >= 11 is 0. The first-order valence-electron chi connectivity index (χ1n) is 33.1. The molecule has 0 radical (unpaired) electrons. The lowest BCUT2D eigenvalue weighted by atomic mass is 10.0. The van der Waals surface area contributed by atoms with Crippen molar-refractivity contribution >= 4 is 17.9 Å². The third kappa shape index (κ3) is 63.3. The van der Waals surface area contributed by atoms with Crippen molar-refractivity contribution in [2.75, 3.05) is 13.2 Å². The molecule has 0 heterocycles. The summed E-state index contributed by atoms with van der Waals surface area (Å²) in [7, 11) is 0. The third-order valence-corrected chi connectivity index (χ3v) is 14.4. The smallest absolute Gasteiger partial charge is 0.306 e. The number of hydrogen-bond donors (Lipinski definition) is 0. The van der Waals surface area contributed by atoms with Gasteiger partial charge >= 0.3 is 17.9 Å². The number of allylic oxidation sites excluding steroid dienone is 14. The average Bonchev–Trinajstić information content (AvgIpc) is 3.43. The lowest BCUT2D eigenvalue weighted by Gasteiger charge is -2.18. The number of hydrogen-bond acceptors (Lipinski definition) is 6. The number of rotatable bonds is 60. The zero-order chi connectivity index (χ0) is 55.7. The number of carbonyl (C=O) groups is 3. The van der Waals surface area contributed by atoms with Crippen molar-refractivity contribution in [1.29, 1.82) is 0 Å². The second-order valence-electron chi connectivity index (χ2n) is 22.0. The molecule has 0 aromatic rings. The van der Waals surface area contributed by atoms with Gasteiger partial charge in [-0.2, -0.15) is 0 Å². The molecule has 0 fully saturated rings. The molecule has 1 atom stereocenters. The van der Waals surface area contributed by atoms with Crippen LogP contribution >= 0.6 is 0 Å². The fourth-order valence-corrected chi connectivity index (χ4v) is 9.39. The van der Waals surface area contributed by atoms with Gasteiger partial charge in [0.1, 0.15) is 13.2 Å². The van der Waals surface area contributed by atoms with Crippen molar-refractivity contribution in [2.24, 2.45) is 0 Å². The predicted molar refractivity (Wildman–Crippen MR) is 334 cm³/mol. The topological polar surface area (TPSA) is 78.9 Å². The van der Waals surface area contributed by atoms with Crippen LogP contribution in [0.1, 0.15) is 329 Å². The Kier molecular flexibility index (Phi) is 62.2. The summed E-state index contributed by atoms with van der Waals surface area (Å²) in [5, 5.41) is 0. The maximum atomic E-state index is 12.9. The van der Waals surface area contributed by atoms with E-state index in [0.29, 0.717) is 19.3 Å². The van der Waals surface area contributed by atoms with Crippen LogP contribution in [0.2, 0.25) is 0 Å². The number of carbonyl (C=O) groups excluding carboxylic acids is 3. The molecule has 0 aliphatic heterocycles. The molecule has 0 bridgehead atoms. The molecule has 1 unspecified atom stereocenters. The van der Waals surface area contributed by atoms with Crippen molar-refractivity contribution in [1.82, 2.24) is 0 Å². The van der Waals surface area contributed by atoms with Crippen molar-refractivity contribution in [3.63, 3.8) is 0 Å². The summed E-state index contributed by atoms with van der Waals surface area (Å²) in [5.41, 5.74) is 0. The molecule has 0 aromatic carbocycles. The van der Waals surface area contributed by atoms with E-state index in [9.17, 15) is 14.4 Å². The number of unbranched alkanes of at least 4 members (excludes halogenated alkanes) is 35. The van der Waals surface area contributed by atoms with Gasteiger partial charge in [-0.05, 0) is 109 Å². The molecule has 0 saturated carbocycles. The average molecular weight is 1070 g/mol. The minimum absolute atomic E-state index is 0.0822. The van der Waals surface area contributed by atoms with Crippen LogP contribution in [0.15, 0.2) is 85.1 Å². The first-order chi connectivity index (χ1) is 38.0. The van der Waals surface area contributed by atoms with Gasteiger partial charge in [0.25, 0.3) is 0 Å². The van der Waals surface area contributed by atoms with Gasteiger partial charge in [0.2, 0.25) is 0 Å². The van der Waals surface area contributed by atoms with Gasteiger partial charge < -0.3 is 14.2 Å². The monoisotopic (exact) mass is 1070 g/mol. The van der Waals surface area contributed by atoms with Crippen LogP contribution in [0.5, 0.6) is 0 Å². The van der Waals surface area contributed by atoms with Gasteiger partial charge in [-0.25, -0.2) is 0 Å². The van der Waals surface area contributed by atoms with E-state index in [1.807, 2.05) is 0 Å². The third-order valence-electron chi connectivity index (χ3n) is 14.4. The van der Waals surface area contributed by atoms with E-state index in [-0.39, 0.29) is 31.1 Å². The van der Waals surface area contributed by atoms with Crippen LogP contribution < -0.4 is 0 Å². The van der Waals surface area contributed by atoms with Gasteiger partial charge in [-0.15, -0.1) is 0 Å². The highest BCUT2D eigenvalue weighted by Gasteiger charge is 2.19. The zero-order valence-corrected chi connectivity index (χ0v) is 51.0. The summed E-state index contributed by atoms with van der Waals surface area (Å²) in [6.45, 7) is 6.51. The highest BCUT2D eigenvalue weighted by Crippen LogP contribution is 2.17. The van der Waals surface area contributed by atoms with E-state index in [2.05, 4.69) is 106 Å². The van der Waals surface area contributed by atoms with Crippen LogP contribution in [0, 0.1) is 0 Å². The van der Waals surface area contributed by atoms with Gasteiger partial charge in [-0.3, -0.25) is 14.4 Å². The summed E-state index contributed by atoms with van der Waals surface area (Å²) in [5.74, 6) is -0.891. The quantitative estimate of drug-likeness (QED) is 0.0261. The van der Waals surface area contributed by atoms with E-state index in [1.54, 1.807) is 0 Å².